The van der Waals surface area contributed by atoms with E-state index in [-0.39, 0.29) is 5.84 Å². The Hall–Kier alpha value is -5.55. The highest BCUT2D eigenvalue weighted by Gasteiger charge is 2.09. The normalized spacial score (nSPS) is 11.1. The maximum absolute atomic E-state index is 8.44. The van der Waals surface area contributed by atoms with Gasteiger partial charge in [0.15, 0.2) is 11.7 Å². The van der Waals surface area contributed by atoms with Gasteiger partial charge >= 0.3 is 0 Å². The number of aliphatic imine (C=N–C) groups is 1. The van der Waals surface area contributed by atoms with E-state index in [9.17, 15) is 0 Å². The summed E-state index contributed by atoms with van der Waals surface area (Å²) in [5, 5.41) is 8.44. The van der Waals surface area contributed by atoms with Crippen molar-refractivity contribution in [3.05, 3.63) is 150 Å². The molecule has 6 rings (SSSR count). The lowest BCUT2D eigenvalue weighted by atomic mass is 9.95. The first-order chi connectivity index (χ1) is 20.5. The van der Waals surface area contributed by atoms with E-state index in [0.717, 1.165) is 67.4 Å². The summed E-state index contributed by atoms with van der Waals surface area (Å²) in [4.78, 5) is 18.2. The van der Waals surface area contributed by atoms with Crippen LogP contribution in [0.3, 0.4) is 0 Å². The Morgan fingerprint density at radius 2 is 1.17 bits per heavy atom. The van der Waals surface area contributed by atoms with Gasteiger partial charge < -0.3 is 0 Å². The molecular weight excluding hydrogens is 514 g/mol. The van der Waals surface area contributed by atoms with Gasteiger partial charge in [-0.2, -0.15) is 0 Å². The largest absolute Gasteiger partial charge is 0.282 e. The summed E-state index contributed by atoms with van der Waals surface area (Å²) in [6.07, 6.45) is 3.57. The number of nitrogens with one attached hydrogen (secondary N) is 1. The monoisotopic (exact) mass is 543 g/mol. The van der Waals surface area contributed by atoms with Gasteiger partial charge in [-0.15, -0.1) is 0 Å². The minimum absolute atomic E-state index is 0.222. The van der Waals surface area contributed by atoms with Crippen molar-refractivity contribution in [1.82, 2.24) is 15.0 Å². The molecular formula is C37H29N5. The molecule has 1 N–H and O–H groups in total. The van der Waals surface area contributed by atoms with Crippen molar-refractivity contribution in [3.8, 4) is 44.9 Å². The van der Waals surface area contributed by atoms with Crippen molar-refractivity contribution in [2.45, 2.75) is 13.8 Å². The molecule has 2 heterocycles. The molecule has 0 spiro atoms. The van der Waals surface area contributed by atoms with Crippen LogP contribution in [0, 0.1) is 19.3 Å². The van der Waals surface area contributed by atoms with Gasteiger partial charge in [0.2, 0.25) is 0 Å². The second-order valence-corrected chi connectivity index (χ2v) is 10.2. The maximum Gasteiger partial charge on any atom is 0.159 e. The molecule has 0 aliphatic rings. The van der Waals surface area contributed by atoms with Gasteiger partial charge in [0.1, 0.15) is 0 Å². The predicted molar refractivity (Wildman–Crippen MR) is 172 cm³/mol. The summed E-state index contributed by atoms with van der Waals surface area (Å²) in [5.41, 5.74) is 10.9. The molecule has 202 valence electrons. The Kier molecular flexibility index (Phi) is 7.56. The number of rotatable bonds is 6. The zero-order valence-corrected chi connectivity index (χ0v) is 23.5. The summed E-state index contributed by atoms with van der Waals surface area (Å²) in [7, 11) is 0. The van der Waals surface area contributed by atoms with E-state index >= 15 is 0 Å². The van der Waals surface area contributed by atoms with Crippen LogP contribution >= 0.6 is 0 Å². The van der Waals surface area contributed by atoms with Crippen LogP contribution in [0.4, 0.5) is 0 Å². The number of aryl methyl sites for hydroxylation is 2. The molecule has 5 heteroatoms. The number of pyridine rings is 1. The highest BCUT2D eigenvalue weighted by atomic mass is 14.9. The van der Waals surface area contributed by atoms with E-state index in [1.165, 1.54) is 0 Å². The molecule has 0 amide bonds. The van der Waals surface area contributed by atoms with Gasteiger partial charge in [0.05, 0.1) is 5.69 Å². The molecule has 0 bridgehead atoms. The fourth-order valence-corrected chi connectivity index (χ4v) is 4.90. The van der Waals surface area contributed by atoms with Gasteiger partial charge in [0.25, 0.3) is 0 Å². The number of hydrogen-bond donors (Lipinski definition) is 1. The molecule has 0 fully saturated rings. The van der Waals surface area contributed by atoms with Gasteiger partial charge in [-0.1, -0.05) is 84.9 Å². The lowest BCUT2D eigenvalue weighted by Gasteiger charge is -2.11. The molecule has 5 nitrogen and oxygen atoms in total. The topological polar surface area (TPSA) is 74.9 Å². The Bertz CT molecular complexity index is 1860. The quantitative estimate of drug-likeness (QED) is 0.169. The Labute approximate surface area is 245 Å². The molecule has 0 unspecified atom stereocenters. The first kappa shape index (κ1) is 26.7. The summed E-state index contributed by atoms with van der Waals surface area (Å²) in [6, 6.07) is 40.7. The Morgan fingerprint density at radius 3 is 1.76 bits per heavy atom. The van der Waals surface area contributed by atoms with E-state index in [1.54, 1.807) is 6.21 Å². The molecule has 6 aromatic rings. The number of hydrogen-bond acceptors (Lipinski definition) is 4. The molecule has 0 atom stereocenters. The lowest BCUT2D eigenvalue weighted by molar-refractivity contribution is 1.06. The van der Waals surface area contributed by atoms with Crippen LogP contribution in [-0.4, -0.2) is 27.0 Å². The van der Waals surface area contributed by atoms with Gasteiger partial charge in [-0.25, -0.2) is 15.0 Å². The molecule has 4 aromatic carbocycles. The molecule has 0 aliphatic carbocycles. The Balaban J connectivity index is 1.37. The number of benzene rings is 4. The number of aromatic nitrogens is 3. The molecule has 0 radical (unpaired) electrons. The van der Waals surface area contributed by atoms with E-state index in [2.05, 4.69) is 86.7 Å². The zero-order chi connectivity index (χ0) is 28.9. The highest BCUT2D eigenvalue weighted by molar-refractivity contribution is 6.03. The average Bonchev–Trinajstić information content (AvgIpc) is 3.04. The number of nitrogens with zero attached hydrogens (tertiary/aromatic N) is 4. The third-order valence-electron chi connectivity index (χ3n) is 6.98. The average molecular weight is 544 g/mol. The molecule has 0 saturated carbocycles. The predicted octanol–water partition coefficient (Wildman–Crippen LogP) is 8.60. The van der Waals surface area contributed by atoms with Crippen molar-refractivity contribution in [2.75, 3.05) is 0 Å². The second-order valence-electron chi connectivity index (χ2n) is 10.2. The van der Waals surface area contributed by atoms with E-state index in [1.807, 2.05) is 74.6 Å². The van der Waals surface area contributed by atoms with E-state index in [4.69, 9.17) is 5.41 Å². The summed E-state index contributed by atoms with van der Waals surface area (Å²) in [6.45, 7) is 3.98. The molecule has 42 heavy (non-hydrogen) atoms. The standard InChI is InChI=1S/C37H29N5/c1-25-20-26(2)42-37(41-25)32-17-13-29(14-18-32)34-22-27(24-40-36(38)31-8-4-3-5-9-31)21-33(23-34)28-11-15-30(16-12-28)35-10-6-7-19-39-35/h3-24,38H,1-2H3. The molecule has 2 aromatic heterocycles. The lowest BCUT2D eigenvalue weighted by Crippen LogP contribution is -1.96. The van der Waals surface area contributed by atoms with E-state index < -0.39 is 0 Å². The van der Waals surface area contributed by atoms with Crippen LogP contribution in [0.2, 0.25) is 0 Å². The fourth-order valence-electron chi connectivity index (χ4n) is 4.90. The van der Waals surface area contributed by atoms with Crippen molar-refractivity contribution in [2.24, 2.45) is 4.99 Å². The maximum atomic E-state index is 8.44. The van der Waals surface area contributed by atoms with Crippen molar-refractivity contribution >= 4 is 12.1 Å². The fraction of sp³-hybridized carbons (Fsp3) is 0.0541. The molecule has 0 aliphatic heterocycles. The number of amidine groups is 1. The van der Waals surface area contributed by atoms with Gasteiger partial charge in [-0.3, -0.25) is 10.4 Å². The van der Waals surface area contributed by atoms with Gasteiger partial charge in [0, 0.05) is 40.5 Å². The van der Waals surface area contributed by atoms with Crippen LogP contribution in [0.15, 0.2) is 133 Å². The second kappa shape index (κ2) is 11.9. The zero-order valence-electron chi connectivity index (χ0n) is 23.5. The minimum atomic E-state index is 0.222. The minimum Gasteiger partial charge on any atom is -0.282 e. The summed E-state index contributed by atoms with van der Waals surface area (Å²) < 4.78 is 0. The Morgan fingerprint density at radius 1 is 0.595 bits per heavy atom. The van der Waals surface area contributed by atoms with Crippen LogP contribution < -0.4 is 0 Å². The first-order valence-corrected chi connectivity index (χ1v) is 13.8. The highest BCUT2D eigenvalue weighted by Crippen LogP contribution is 2.31. The van der Waals surface area contributed by atoms with Crippen molar-refractivity contribution < 1.29 is 0 Å². The first-order valence-electron chi connectivity index (χ1n) is 13.8. The van der Waals surface area contributed by atoms with E-state index in [0.29, 0.717) is 0 Å². The SMILES string of the molecule is Cc1cc(C)nc(-c2ccc(-c3cc(C=NC(=N)c4ccccc4)cc(-c4ccc(-c5ccccn5)cc4)c3)cc2)n1. The van der Waals surface area contributed by atoms with Crippen LogP contribution in [0.25, 0.3) is 44.9 Å². The van der Waals surface area contributed by atoms with Crippen molar-refractivity contribution in [3.63, 3.8) is 0 Å². The molecule has 0 saturated heterocycles. The summed E-state index contributed by atoms with van der Waals surface area (Å²) in [5.74, 6) is 0.952. The third-order valence-corrected chi connectivity index (χ3v) is 6.98. The van der Waals surface area contributed by atoms with Crippen molar-refractivity contribution in [1.29, 1.82) is 5.41 Å². The summed E-state index contributed by atoms with van der Waals surface area (Å²) >= 11 is 0. The van der Waals surface area contributed by atoms with Gasteiger partial charge in [-0.05, 0) is 78.1 Å². The van der Waals surface area contributed by atoms with Crippen LogP contribution in [0.1, 0.15) is 22.5 Å². The smallest absolute Gasteiger partial charge is 0.159 e. The van der Waals surface area contributed by atoms with Crippen LogP contribution in [0.5, 0.6) is 0 Å². The third kappa shape index (κ3) is 6.11. The van der Waals surface area contributed by atoms with Crippen LogP contribution in [-0.2, 0) is 0 Å².